The van der Waals surface area contributed by atoms with Crippen LogP contribution in [0.25, 0.3) is 0 Å². The van der Waals surface area contributed by atoms with Crippen molar-refractivity contribution in [2.45, 2.75) is 19.8 Å². The van der Waals surface area contributed by atoms with Crippen molar-refractivity contribution in [2.24, 2.45) is 4.99 Å². The molecular formula is C16H26IN3O. The fraction of sp³-hybridized carbons (Fsp3) is 0.438. The van der Waals surface area contributed by atoms with Gasteiger partial charge in [-0.2, -0.15) is 0 Å². The molecule has 0 bridgehead atoms. The van der Waals surface area contributed by atoms with Gasteiger partial charge in [-0.3, -0.25) is 4.99 Å². The van der Waals surface area contributed by atoms with Crippen LogP contribution in [0.15, 0.2) is 41.9 Å². The first-order valence-corrected chi connectivity index (χ1v) is 6.98. The average molecular weight is 403 g/mol. The van der Waals surface area contributed by atoms with Crippen LogP contribution in [0.2, 0.25) is 0 Å². The maximum atomic E-state index is 5.39. The molecule has 21 heavy (non-hydrogen) atoms. The average Bonchev–Trinajstić information content (AvgIpc) is 2.49. The van der Waals surface area contributed by atoms with Gasteiger partial charge in [0.2, 0.25) is 0 Å². The summed E-state index contributed by atoms with van der Waals surface area (Å²) in [6.07, 6.45) is 1.82. The third-order valence-corrected chi connectivity index (χ3v) is 2.95. The van der Waals surface area contributed by atoms with Crippen molar-refractivity contribution in [1.29, 1.82) is 0 Å². The van der Waals surface area contributed by atoms with Crippen molar-refractivity contribution in [3.63, 3.8) is 0 Å². The topological polar surface area (TPSA) is 45.7 Å². The third kappa shape index (κ3) is 6.84. The van der Waals surface area contributed by atoms with E-state index in [1.165, 1.54) is 5.56 Å². The number of aliphatic imine (C=N–C) groups is 1. The van der Waals surface area contributed by atoms with Crippen molar-refractivity contribution >= 4 is 29.9 Å². The maximum Gasteiger partial charge on any atom is 0.191 e. The predicted molar refractivity (Wildman–Crippen MR) is 101 cm³/mol. The Kier molecular flexibility index (Phi) is 10.7. The highest BCUT2D eigenvalue weighted by Crippen LogP contribution is 2.26. The summed E-state index contributed by atoms with van der Waals surface area (Å²) in [7, 11) is 1.70. The summed E-state index contributed by atoms with van der Waals surface area (Å²) in [6.45, 7) is 10.1. The zero-order valence-corrected chi connectivity index (χ0v) is 15.4. The second kappa shape index (κ2) is 11.4. The molecule has 1 unspecified atom stereocenters. The normalized spacial score (nSPS) is 12.0. The quantitative estimate of drug-likeness (QED) is 0.318. The fourth-order valence-electron chi connectivity index (χ4n) is 1.91. The summed E-state index contributed by atoms with van der Waals surface area (Å²) in [6, 6.07) is 8.08. The van der Waals surface area contributed by atoms with Gasteiger partial charge < -0.3 is 15.4 Å². The summed E-state index contributed by atoms with van der Waals surface area (Å²) in [5.41, 5.74) is 1.18. The minimum atomic E-state index is 0. The lowest BCUT2D eigenvalue weighted by atomic mass is 10.0. The van der Waals surface area contributed by atoms with Crippen LogP contribution in [0.4, 0.5) is 0 Å². The summed E-state index contributed by atoms with van der Waals surface area (Å²) in [5.74, 6) is 2.03. The number of methoxy groups -OCH3 is 1. The molecular weight excluding hydrogens is 377 g/mol. The number of benzene rings is 1. The predicted octanol–water partition coefficient (Wildman–Crippen LogP) is 3.16. The van der Waals surface area contributed by atoms with Crippen molar-refractivity contribution in [3.05, 3.63) is 42.5 Å². The molecule has 0 saturated carbocycles. The van der Waals surface area contributed by atoms with E-state index in [4.69, 9.17) is 4.74 Å². The number of guanidine groups is 1. The van der Waals surface area contributed by atoms with Gasteiger partial charge in [-0.1, -0.05) is 31.2 Å². The van der Waals surface area contributed by atoms with E-state index in [9.17, 15) is 0 Å². The second-order valence-corrected chi connectivity index (χ2v) is 4.53. The summed E-state index contributed by atoms with van der Waals surface area (Å²) in [5, 5.41) is 6.41. The molecule has 1 rings (SSSR count). The fourth-order valence-corrected chi connectivity index (χ4v) is 1.91. The molecule has 0 aliphatic carbocycles. The van der Waals surface area contributed by atoms with Gasteiger partial charge in [-0.25, -0.2) is 0 Å². The molecule has 0 radical (unpaired) electrons. The van der Waals surface area contributed by atoms with Crippen LogP contribution in [0.5, 0.6) is 5.75 Å². The highest BCUT2D eigenvalue weighted by Gasteiger charge is 2.10. The lowest BCUT2D eigenvalue weighted by Gasteiger charge is -2.15. The van der Waals surface area contributed by atoms with Crippen LogP contribution in [0, 0.1) is 0 Å². The first kappa shape index (κ1) is 19.8. The Labute approximate surface area is 145 Å². The Bertz CT molecular complexity index is 449. The van der Waals surface area contributed by atoms with Gasteiger partial charge in [-0.15, -0.1) is 30.6 Å². The van der Waals surface area contributed by atoms with E-state index >= 15 is 0 Å². The molecule has 0 aliphatic heterocycles. The van der Waals surface area contributed by atoms with Crippen LogP contribution in [-0.2, 0) is 0 Å². The lowest BCUT2D eigenvalue weighted by molar-refractivity contribution is 0.407. The molecule has 0 aliphatic rings. The van der Waals surface area contributed by atoms with Gasteiger partial charge in [0.05, 0.1) is 7.11 Å². The third-order valence-electron chi connectivity index (χ3n) is 2.95. The molecule has 0 saturated heterocycles. The van der Waals surface area contributed by atoms with Crippen LogP contribution < -0.4 is 15.4 Å². The first-order chi connectivity index (χ1) is 9.72. The van der Waals surface area contributed by atoms with E-state index in [1.54, 1.807) is 7.11 Å². The van der Waals surface area contributed by atoms with E-state index in [0.29, 0.717) is 19.0 Å². The molecule has 0 aromatic heterocycles. The highest BCUT2D eigenvalue weighted by molar-refractivity contribution is 14.0. The van der Waals surface area contributed by atoms with Gasteiger partial charge in [0.15, 0.2) is 5.96 Å². The Hall–Kier alpha value is -1.24. The number of para-hydroxylation sites is 1. The minimum absolute atomic E-state index is 0. The molecule has 4 nitrogen and oxygen atoms in total. The van der Waals surface area contributed by atoms with E-state index in [1.807, 2.05) is 24.3 Å². The second-order valence-electron chi connectivity index (χ2n) is 4.53. The molecule has 1 aromatic rings. The van der Waals surface area contributed by atoms with Gasteiger partial charge in [0.1, 0.15) is 5.75 Å². The smallest absolute Gasteiger partial charge is 0.191 e. The molecule has 1 atom stereocenters. The molecule has 0 heterocycles. The van der Waals surface area contributed by atoms with Gasteiger partial charge in [0.25, 0.3) is 0 Å². The van der Waals surface area contributed by atoms with Gasteiger partial charge in [0, 0.05) is 25.6 Å². The van der Waals surface area contributed by atoms with Crippen molar-refractivity contribution < 1.29 is 4.74 Å². The largest absolute Gasteiger partial charge is 0.496 e. The van der Waals surface area contributed by atoms with E-state index in [2.05, 4.69) is 42.1 Å². The van der Waals surface area contributed by atoms with Crippen LogP contribution in [-0.4, -0.2) is 32.7 Å². The van der Waals surface area contributed by atoms with Crippen molar-refractivity contribution in [1.82, 2.24) is 10.6 Å². The zero-order chi connectivity index (χ0) is 14.8. The number of halogens is 1. The number of nitrogens with one attached hydrogen (secondary N) is 2. The van der Waals surface area contributed by atoms with Crippen LogP contribution >= 0.6 is 24.0 Å². The summed E-state index contributed by atoms with van der Waals surface area (Å²) >= 11 is 0. The maximum absolute atomic E-state index is 5.39. The Morgan fingerprint density at radius 1 is 1.38 bits per heavy atom. The molecule has 0 fully saturated rings. The molecule has 0 amide bonds. The molecule has 2 N–H and O–H groups in total. The van der Waals surface area contributed by atoms with E-state index < -0.39 is 0 Å². The standard InChI is InChI=1S/C16H25N3O.HI/c1-5-11-18-16(17-6-2)19-12-13(3)14-9-7-8-10-15(14)20-4;/h5,7-10,13H,1,6,11-12H2,2-4H3,(H2,17,18,19);1H. The number of nitrogens with zero attached hydrogens (tertiary/aromatic N) is 1. The Balaban J connectivity index is 0.00000400. The minimum Gasteiger partial charge on any atom is -0.496 e. The monoisotopic (exact) mass is 403 g/mol. The van der Waals surface area contributed by atoms with Crippen LogP contribution in [0.1, 0.15) is 25.3 Å². The number of hydrogen-bond acceptors (Lipinski definition) is 2. The number of ether oxygens (including phenoxy) is 1. The SMILES string of the molecule is C=CCNC(=NCC(C)c1ccccc1OC)NCC.I. The Morgan fingerprint density at radius 2 is 2.10 bits per heavy atom. The molecule has 118 valence electrons. The summed E-state index contributed by atoms with van der Waals surface area (Å²) < 4.78 is 5.39. The van der Waals surface area contributed by atoms with Crippen molar-refractivity contribution in [3.8, 4) is 5.75 Å². The van der Waals surface area contributed by atoms with E-state index in [-0.39, 0.29) is 24.0 Å². The highest BCUT2D eigenvalue weighted by atomic mass is 127. The van der Waals surface area contributed by atoms with Crippen LogP contribution in [0.3, 0.4) is 0 Å². The van der Waals surface area contributed by atoms with Gasteiger partial charge in [-0.05, 0) is 18.6 Å². The summed E-state index contributed by atoms with van der Waals surface area (Å²) in [4.78, 5) is 4.59. The van der Waals surface area contributed by atoms with Crippen molar-refractivity contribution in [2.75, 3.05) is 26.7 Å². The van der Waals surface area contributed by atoms with E-state index in [0.717, 1.165) is 18.3 Å². The lowest BCUT2D eigenvalue weighted by Crippen LogP contribution is -2.37. The molecule has 1 aromatic carbocycles. The number of rotatable bonds is 7. The van der Waals surface area contributed by atoms with Gasteiger partial charge >= 0.3 is 0 Å². The Morgan fingerprint density at radius 3 is 2.71 bits per heavy atom. The first-order valence-electron chi connectivity index (χ1n) is 6.98. The zero-order valence-electron chi connectivity index (χ0n) is 13.1. The molecule has 5 heteroatoms. The number of hydrogen-bond donors (Lipinski definition) is 2. The molecule has 0 spiro atoms.